The molecule has 1 unspecified atom stereocenters. The molecule has 0 amide bonds. The van der Waals surface area contributed by atoms with Crippen molar-refractivity contribution in [2.45, 2.75) is 26.2 Å². The van der Waals surface area contributed by atoms with E-state index in [1.54, 1.807) is 11.3 Å². The molecule has 2 aromatic heterocycles. The minimum atomic E-state index is 0.148. The number of hydrogen-bond acceptors (Lipinski definition) is 5. The third-order valence-electron chi connectivity index (χ3n) is 2.62. The first-order chi connectivity index (χ1) is 8.60. The van der Waals surface area contributed by atoms with E-state index in [-0.39, 0.29) is 5.92 Å². The van der Waals surface area contributed by atoms with Gasteiger partial charge in [-0.05, 0) is 34.3 Å². The van der Waals surface area contributed by atoms with Crippen LogP contribution in [0.2, 0.25) is 0 Å². The molecule has 0 radical (unpaired) electrons. The summed E-state index contributed by atoms with van der Waals surface area (Å²) in [5.41, 5.74) is 5.77. The van der Waals surface area contributed by atoms with Gasteiger partial charge in [-0.3, -0.25) is 0 Å². The van der Waals surface area contributed by atoms with Crippen LogP contribution in [0.15, 0.2) is 20.4 Å². The molecule has 18 heavy (non-hydrogen) atoms. The average Bonchev–Trinajstić information content (AvgIpc) is 2.93. The molecule has 0 saturated carbocycles. The molecular formula is C12H16BrN3OS. The van der Waals surface area contributed by atoms with Crippen molar-refractivity contribution in [2.24, 2.45) is 11.7 Å². The van der Waals surface area contributed by atoms with Gasteiger partial charge in [-0.2, -0.15) is 4.98 Å². The molecule has 0 aliphatic heterocycles. The zero-order valence-corrected chi connectivity index (χ0v) is 12.8. The standard InChI is InChI=1S/C12H16BrN3OS/c1-7(2)3-8(5-14)12-15-11(16-17-12)10-4-9(13)6-18-10/h4,6-8H,3,5,14H2,1-2H3. The Morgan fingerprint density at radius 3 is 2.83 bits per heavy atom. The van der Waals surface area contributed by atoms with Gasteiger partial charge in [0.1, 0.15) is 0 Å². The van der Waals surface area contributed by atoms with Crippen molar-refractivity contribution in [2.75, 3.05) is 6.54 Å². The third kappa shape index (κ3) is 3.18. The van der Waals surface area contributed by atoms with E-state index in [4.69, 9.17) is 10.3 Å². The molecule has 1 atom stereocenters. The fourth-order valence-corrected chi connectivity index (χ4v) is 3.15. The van der Waals surface area contributed by atoms with E-state index in [0.717, 1.165) is 15.8 Å². The molecule has 2 heterocycles. The van der Waals surface area contributed by atoms with Crippen LogP contribution in [0.5, 0.6) is 0 Å². The van der Waals surface area contributed by atoms with Crippen molar-refractivity contribution in [3.63, 3.8) is 0 Å². The van der Waals surface area contributed by atoms with E-state index in [0.29, 0.717) is 24.2 Å². The Bertz CT molecular complexity index is 509. The summed E-state index contributed by atoms with van der Waals surface area (Å²) in [5.74, 6) is 1.99. The second-order valence-corrected chi connectivity index (χ2v) is 6.47. The lowest BCUT2D eigenvalue weighted by Gasteiger charge is -2.11. The Balaban J connectivity index is 2.18. The molecule has 2 aromatic rings. The Kier molecular flexibility index (Phi) is 4.53. The van der Waals surface area contributed by atoms with Crippen LogP contribution in [-0.2, 0) is 0 Å². The number of nitrogens with two attached hydrogens (primary N) is 1. The van der Waals surface area contributed by atoms with Gasteiger partial charge < -0.3 is 10.3 Å². The molecule has 4 nitrogen and oxygen atoms in total. The van der Waals surface area contributed by atoms with E-state index in [2.05, 4.69) is 39.9 Å². The lowest BCUT2D eigenvalue weighted by atomic mass is 9.97. The maximum atomic E-state index is 5.77. The largest absolute Gasteiger partial charge is 0.339 e. The third-order valence-corrected chi connectivity index (χ3v) is 4.31. The van der Waals surface area contributed by atoms with Gasteiger partial charge in [0.25, 0.3) is 0 Å². The summed E-state index contributed by atoms with van der Waals surface area (Å²) in [7, 11) is 0. The van der Waals surface area contributed by atoms with Crippen LogP contribution in [0.1, 0.15) is 32.1 Å². The van der Waals surface area contributed by atoms with Gasteiger partial charge in [-0.25, -0.2) is 0 Å². The van der Waals surface area contributed by atoms with Crippen molar-refractivity contribution in [3.05, 3.63) is 21.8 Å². The molecule has 6 heteroatoms. The Morgan fingerprint density at radius 2 is 2.28 bits per heavy atom. The highest BCUT2D eigenvalue weighted by molar-refractivity contribution is 9.10. The molecule has 0 aliphatic rings. The van der Waals surface area contributed by atoms with Crippen LogP contribution >= 0.6 is 27.3 Å². The van der Waals surface area contributed by atoms with Crippen LogP contribution in [0, 0.1) is 5.92 Å². The number of thiophene rings is 1. The second kappa shape index (κ2) is 5.95. The highest BCUT2D eigenvalue weighted by atomic mass is 79.9. The summed E-state index contributed by atoms with van der Waals surface area (Å²) in [4.78, 5) is 5.45. The summed E-state index contributed by atoms with van der Waals surface area (Å²) in [6, 6.07) is 1.99. The van der Waals surface area contributed by atoms with Gasteiger partial charge in [0.2, 0.25) is 11.7 Å². The minimum absolute atomic E-state index is 0.148. The lowest BCUT2D eigenvalue weighted by Crippen LogP contribution is -2.15. The Morgan fingerprint density at radius 1 is 1.50 bits per heavy atom. The highest BCUT2D eigenvalue weighted by Gasteiger charge is 2.19. The molecular weight excluding hydrogens is 314 g/mol. The Labute approximate surface area is 119 Å². The second-order valence-electron chi connectivity index (χ2n) is 4.65. The normalized spacial score (nSPS) is 13.2. The van der Waals surface area contributed by atoms with Crippen molar-refractivity contribution in [1.29, 1.82) is 0 Å². The first-order valence-electron chi connectivity index (χ1n) is 5.88. The first kappa shape index (κ1) is 13.7. The summed E-state index contributed by atoms with van der Waals surface area (Å²) in [5, 5.41) is 6.02. The van der Waals surface area contributed by atoms with E-state index >= 15 is 0 Å². The zero-order valence-electron chi connectivity index (χ0n) is 10.4. The monoisotopic (exact) mass is 329 g/mol. The van der Waals surface area contributed by atoms with Crippen LogP contribution in [0.4, 0.5) is 0 Å². The summed E-state index contributed by atoms with van der Waals surface area (Å²) in [6.07, 6.45) is 0.965. The van der Waals surface area contributed by atoms with E-state index in [1.165, 1.54) is 0 Å². The molecule has 0 aliphatic carbocycles. The van der Waals surface area contributed by atoms with Gasteiger partial charge in [0, 0.05) is 16.4 Å². The molecule has 2 N–H and O–H groups in total. The maximum absolute atomic E-state index is 5.77. The van der Waals surface area contributed by atoms with Crippen LogP contribution in [0.3, 0.4) is 0 Å². The predicted molar refractivity (Wildman–Crippen MR) is 76.6 cm³/mol. The zero-order chi connectivity index (χ0) is 13.1. The van der Waals surface area contributed by atoms with Crippen molar-refractivity contribution < 1.29 is 4.52 Å². The van der Waals surface area contributed by atoms with Gasteiger partial charge in [-0.15, -0.1) is 11.3 Å². The van der Waals surface area contributed by atoms with Gasteiger partial charge >= 0.3 is 0 Å². The number of rotatable bonds is 5. The fourth-order valence-electron chi connectivity index (χ4n) is 1.80. The molecule has 2 rings (SSSR count). The molecule has 98 valence electrons. The number of hydrogen-bond donors (Lipinski definition) is 1. The Hall–Kier alpha value is -0.720. The van der Waals surface area contributed by atoms with Gasteiger partial charge in [0.05, 0.1) is 10.8 Å². The first-order valence-corrected chi connectivity index (χ1v) is 7.55. The van der Waals surface area contributed by atoms with Crippen LogP contribution < -0.4 is 5.73 Å². The van der Waals surface area contributed by atoms with Gasteiger partial charge in [0.15, 0.2) is 0 Å². The average molecular weight is 330 g/mol. The molecule has 0 spiro atoms. The summed E-state index contributed by atoms with van der Waals surface area (Å²) in [6.45, 7) is 4.86. The van der Waals surface area contributed by atoms with E-state index in [9.17, 15) is 0 Å². The smallest absolute Gasteiger partial charge is 0.231 e. The minimum Gasteiger partial charge on any atom is -0.339 e. The lowest BCUT2D eigenvalue weighted by molar-refractivity contribution is 0.335. The SMILES string of the molecule is CC(C)CC(CN)c1nc(-c2cc(Br)cs2)no1. The summed E-state index contributed by atoms with van der Waals surface area (Å²) >= 11 is 5.00. The number of aromatic nitrogens is 2. The van der Waals surface area contributed by atoms with E-state index in [1.807, 2.05) is 11.4 Å². The van der Waals surface area contributed by atoms with Crippen molar-refractivity contribution in [3.8, 4) is 10.7 Å². The van der Waals surface area contributed by atoms with Crippen LogP contribution in [0.25, 0.3) is 10.7 Å². The van der Waals surface area contributed by atoms with E-state index < -0.39 is 0 Å². The number of halogens is 1. The van der Waals surface area contributed by atoms with Crippen molar-refractivity contribution in [1.82, 2.24) is 10.1 Å². The number of nitrogens with zero attached hydrogens (tertiary/aromatic N) is 2. The van der Waals surface area contributed by atoms with Crippen molar-refractivity contribution >= 4 is 27.3 Å². The van der Waals surface area contributed by atoms with Crippen LogP contribution in [-0.4, -0.2) is 16.7 Å². The maximum Gasteiger partial charge on any atom is 0.231 e. The fraction of sp³-hybridized carbons (Fsp3) is 0.500. The quantitative estimate of drug-likeness (QED) is 0.909. The molecule has 0 fully saturated rings. The molecule has 0 saturated heterocycles. The van der Waals surface area contributed by atoms with Gasteiger partial charge in [-0.1, -0.05) is 19.0 Å². The predicted octanol–water partition coefficient (Wildman–Crippen LogP) is 3.65. The highest BCUT2D eigenvalue weighted by Crippen LogP contribution is 2.29. The molecule has 0 aromatic carbocycles. The summed E-state index contributed by atoms with van der Waals surface area (Å²) < 4.78 is 6.37. The molecule has 0 bridgehead atoms. The topological polar surface area (TPSA) is 64.9 Å².